The third-order valence-corrected chi connectivity index (χ3v) is 4.48. The summed E-state index contributed by atoms with van der Waals surface area (Å²) in [6.07, 6.45) is 1.51. The number of hydrogen-bond donors (Lipinski definition) is 2. The number of phenols is 1. The summed E-state index contributed by atoms with van der Waals surface area (Å²) in [5.74, 6) is 1.23. The Bertz CT molecular complexity index is 1140. The van der Waals surface area contributed by atoms with Crippen LogP contribution in [0, 0.1) is 0 Å². The number of nitrogens with one attached hydrogen (secondary N) is 1. The van der Waals surface area contributed by atoms with Gasteiger partial charge in [-0.25, -0.2) is 0 Å². The molecule has 0 bridgehead atoms. The van der Waals surface area contributed by atoms with Gasteiger partial charge in [0.05, 0.1) is 6.21 Å². The fraction of sp³-hybridized carbons (Fsp3) is 0. The average Bonchev–Trinajstić information content (AvgIpc) is 3.08. The maximum absolute atomic E-state index is 9.84. The van der Waals surface area contributed by atoms with Crippen molar-refractivity contribution in [2.24, 2.45) is 5.10 Å². The number of halogens is 2. The van der Waals surface area contributed by atoms with Crippen LogP contribution in [0.25, 0.3) is 17.0 Å². The summed E-state index contributed by atoms with van der Waals surface area (Å²) in [6, 6.07) is 15.9. The third-order valence-electron chi connectivity index (χ3n) is 3.74. The lowest BCUT2D eigenvalue weighted by atomic mass is 10.2. The number of rotatable bonds is 4. The molecule has 9 heteroatoms. The fourth-order valence-corrected chi connectivity index (χ4v) is 2.93. The van der Waals surface area contributed by atoms with E-state index in [2.05, 4.69) is 41.8 Å². The Hall–Kier alpha value is -2.97. The maximum atomic E-state index is 9.84. The molecule has 7 nitrogen and oxygen atoms in total. The molecule has 2 N–H and O–H groups in total. The van der Waals surface area contributed by atoms with E-state index in [4.69, 9.17) is 11.6 Å². The fourth-order valence-electron chi connectivity index (χ4n) is 2.42. The molecule has 0 spiro atoms. The molecule has 0 amide bonds. The van der Waals surface area contributed by atoms with Crippen LogP contribution in [0.2, 0.25) is 5.02 Å². The van der Waals surface area contributed by atoms with E-state index in [1.54, 1.807) is 47.0 Å². The van der Waals surface area contributed by atoms with E-state index >= 15 is 0 Å². The van der Waals surface area contributed by atoms with Crippen LogP contribution in [0.1, 0.15) is 5.56 Å². The predicted octanol–water partition coefficient (Wildman–Crippen LogP) is 4.36. The highest BCUT2D eigenvalue weighted by molar-refractivity contribution is 9.10. The van der Waals surface area contributed by atoms with Crippen molar-refractivity contribution in [2.45, 2.75) is 0 Å². The molecular formula is C18H12BrClN6O. The molecule has 27 heavy (non-hydrogen) atoms. The van der Waals surface area contributed by atoms with E-state index in [0.29, 0.717) is 27.9 Å². The van der Waals surface area contributed by atoms with Crippen LogP contribution < -0.4 is 5.43 Å². The second-order valence-electron chi connectivity index (χ2n) is 5.59. The molecule has 0 atom stereocenters. The molecule has 2 aromatic heterocycles. The van der Waals surface area contributed by atoms with E-state index in [1.165, 1.54) is 6.21 Å². The first kappa shape index (κ1) is 17.4. The zero-order chi connectivity index (χ0) is 18.8. The quantitative estimate of drug-likeness (QED) is 0.361. The summed E-state index contributed by atoms with van der Waals surface area (Å²) in [5, 5.41) is 27.4. The highest BCUT2D eigenvalue weighted by atomic mass is 79.9. The molecule has 2 aromatic carbocycles. The minimum Gasteiger partial charge on any atom is -0.507 e. The molecule has 134 valence electrons. The zero-order valence-corrected chi connectivity index (χ0v) is 16.1. The van der Waals surface area contributed by atoms with Gasteiger partial charge in [-0.05, 0) is 54.6 Å². The molecule has 0 radical (unpaired) electrons. The lowest BCUT2D eigenvalue weighted by Crippen LogP contribution is -2.00. The van der Waals surface area contributed by atoms with Crippen molar-refractivity contribution in [3.05, 3.63) is 69.7 Å². The Balaban J connectivity index is 1.61. The van der Waals surface area contributed by atoms with Gasteiger partial charge in [-0.1, -0.05) is 27.5 Å². The first-order valence-corrected chi connectivity index (χ1v) is 9.03. The Morgan fingerprint density at radius 1 is 1.07 bits per heavy atom. The Morgan fingerprint density at radius 3 is 2.70 bits per heavy atom. The van der Waals surface area contributed by atoms with Gasteiger partial charge in [-0.2, -0.15) is 9.62 Å². The van der Waals surface area contributed by atoms with E-state index in [0.717, 1.165) is 10.0 Å². The summed E-state index contributed by atoms with van der Waals surface area (Å²) in [4.78, 5) is 0. The van der Waals surface area contributed by atoms with Crippen molar-refractivity contribution >= 4 is 45.2 Å². The normalized spacial score (nSPS) is 11.3. The Kier molecular flexibility index (Phi) is 4.74. The Morgan fingerprint density at radius 2 is 1.89 bits per heavy atom. The second-order valence-corrected chi connectivity index (χ2v) is 6.94. The van der Waals surface area contributed by atoms with E-state index in [-0.39, 0.29) is 5.75 Å². The zero-order valence-electron chi connectivity index (χ0n) is 13.7. The maximum Gasteiger partial charge on any atom is 0.185 e. The number of aromatic hydroxyl groups is 1. The van der Waals surface area contributed by atoms with Crippen LogP contribution in [-0.2, 0) is 0 Å². The molecule has 0 unspecified atom stereocenters. The summed E-state index contributed by atoms with van der Waals surface area (Å²) < 4.78 is 2.47. The van der Waals surface area contributed by atoms with Gasteiger partial charge >= 0.3 is 0 Å². The van der Waals surface area contributed by atoms with Gasteiger partial charge in [0.15, 0.2) is 17.3 Å². The number of aromatic nitrogens is 4. The van der Waals surface area contributed by atoms with Gasteiger partial charge in [-0.3, -0.25) is 5.43 Å². The van der Waals surface area contributed by atoms with Crippen molar-refractivity contribution in [1.29, 1.82) is 0 Å². The standard InChI is InChI=1S/C18H12BrClN6O/c19-13-3-6-15(27)12(9-13)10-21-22-16-7-8-17-23-24-18(26(17)25-16)11-1-4-14(20)5-2-11/h1-10,27H,(H,22,25)/b21-10+. The SMILES string of the molecule is Oc1ccc(Br)cc1/C=N/Nc1ccc2nnc(-c3ccc(Cl)cc3)n2n1. The minimum atomic E-state index is 0.135. The molecule has 0 saturated carbocycles. The van der Waals surface area contributed by atoms with Crippen molar-refractivity contribution in [3.63, 3.8) is 0 Å². The van der Waals surface area contributed by atoms with Gasteiger partial charge in [-0.15, -0.1) is 15.3 Å². The van der Waals surface area contributed by atoms with Crippen molar-refractivity contribution < 1.29 is 5.11 Å². The first-order valence-electron chi connectivity index (χ1n) is 7.86. The smallest absolute Gasteiger partial charge is 0.185 e. The number of fused-ring (bicyclic) bond motifs is 1. The lowest BCUT2D eigenvalue weighted by molar-refractivity contribution is 0.474. The summed E-state index contributed by atoms with van der Waals surface area (Å²) in [6.45, 7) is 0. The van der Waals surface area contributed by atoms with Gasteiger partial charge in [0.25, 0.3) is 0 Å². The van der Waals surface area contributed by atoms with Gasteiger partial charge < -0.3 is 5.11 Å². The van der Waals surface area contributed by atoms with Crippen LogP contribution in [0.4, 0.5) is 5.82 Å². The summed E-state index contributed by atoms with van der Waals surface area (Å²) in [7, 11) is 0. The molecule has 2 heterocycles. The number of nitrogens with zero attached hydrogens (tertiary/aromatic N) is 5. The van der Waals surface area contributed by atoms with Gasteiger partial charge in [0.1, 0.15) is 5.75 Å². The van der Waals surface area contributed by atoms with E-state index in [9.17, 15) is 5.11 Å². The highest BCUT2D eigenvalue weighted by Crippen LogP contribution is 2.21. The lowest BCUT2D eigenvalue weighted by Gasteiger charge is -2.03. The number of phenolic OH excluding ortho intramolecular Hbond substituents is 1. The van der Waals surface area contributed by atoms with E-state index in [1.807, 2.05) is 12.1 Å². The molecule has 0 saturated heterocycles. The number of benzene rings is 2. The Labute approximate surface area is 167 Å². The predicted molar refractivity (Wildman–Crippen MR) is 108 cm³/mol. The third kappa shape index (κ3) is 3.76. The van der Waals surface area contributed by atoms with E-state index < -0.39 is 0 Å². The molecule has 0 aliphatic heterocycles. The molecule has 4 aromatic rings. The van der Waals surface area contributed by atoms with Crippen molar-refractivity contribution in [1.82, 2.24) is 19.8 Å². The molecular weight excluding hydrogens is 432 g/mol. The molecule has 0 aliphatic carbocycles. The van der Waals surface area contributed by atoms with Crippen LogP contribution in [-0.4, -0.2) is 31.1 Å². The minimum absolute atomic E-state index is 0.135. The average molecular weight is 444 g/mol. The van der Waals surface area contributed by atoms with Crippen molar-refractivity contribution in [3.8, 4) is 17.1 Å². The monoisotopic (exact) mass is 442 g/mol. The van der Waals surface area contributed by atoms with Crippen LogP contribution in [0.15, 0.2) is 64.2 Å². The molecule has 0 aliphatic rings. The largest absolute Gasteiger partial charge is 0.507 e. The molecule has 0 fully saturated rings. The van der Waals surface area contributed by atoms with Gasteiger partial charge in [0.2, 0.25) is 0 Å². The van der Waals surface area contributed by atoms with Crippen LogP contribution >= 0.6 is 27.5 Å². The van der Waals surface area contributed by atoms with Crippen LogP contribution in [0.3, 0.4) is 0 Å². The molecule has 4 rings (SSSR count). The topological polar surface area (TPSA) is 87.7 Å². The number of hydrazone groups is 1. The van der Waals surface area contributed by atoms with Crippen LogP contribution in [0.5, 0.6) is 5.75 Å². The van der Waals surface area contributed by atoms with Crippen molar-refractivity contribution in [2.75, 3.05) is 5.43 Å². The summed E-state index contributed by atoms with van der Waals surface area (Å²) in [5.41, 5.74) is 4.87. The second kappa shape index (κ2) is 7.34. The number of hydrogen-bond acceptors (Lipinski definition) is 6. The van der Waals surface area contributed by atoms with Gasteiger partial charge in [0, 0.05) is 20.6 Å². The first-order chi connectivity index (χ1) is 13.1. The highest BCUT2D eigenvalue weighted by Gasteiger charge is 2.10. The summed E-state index contributed by atoms with van der Waals surface area (Å²) >= 11 is 9.30. The number of anilines is 1.